The minimum absolute atomic E-state index is 0.0241. The van der Waals surface area contributed by atoms with Crippen LogP contribution in [-0.2, 0) is 13.0 Å². The van der Waals surface area contributed by atoms with E-state index in [1.807, 2.05) is 38.1 Å². The molecule has 0 aliphatic carbocycles. The van der Waals surface area contributed by atoms with Gasteiger partial charge in [-0.3, -0.25) is 0 Å². The van der Waals surface area contributed by atoms with E-state index in [9.17, 15) is 14.3 Å². The molecule has 1 aliphatic rings. The van der Waals surface area contributed by atoms with Crippen molar-refractivity contribution in [3.05, 3.63) is 65.0 Å². The second kappa shape index (κ2) is 8.17. The highest BCUT2D eigenvalue weighted by Crippen LogP contribution is 2.39. The third kappa shape index (κ3) is 4.11. The summed E-state index contributed by atoms with van der Waals surface area (Å²) in [5.74, 6) is -0.0154. The molecular formula is C22H23FN6O2. The van der Waals surface area contributed by atoms with Crippen LogP contribution in [0.5, 0.6) is 0 Å². The predicted molar refractivity (Wildman–Crippen MR) is 117 cm³/mol. The highest BCUT2D eigenvalue weighted by atomic mass is 19.1. The first-order valence-electron chi connectivity index (χ1n) is 9.89. The maximum Gasteiger partial charge on any atom is 0.336 e. The monoisotopic (exact) mass is 422 g/mol. The van der Waals surface area contributed by atoms with E-state index in [-0.39, 0.29) is 17.4 Å². The summed E-state index contributed by atoms with van der Waals surface area (Å²) in [5.41, 5.74) is 2.60. The molecular weight excluding hydrogens is 399 g/mol. The van der Waals surface area contributed by atoms with Crippen LogP contribution >= 0.6 is 0 Å². The van der Waals surface area contributed by atoms with E-state index < -0.39 is 5.97 Å². The molecule has 0 saturated carbocycles. The van der Waals surface area contributed by atoms with Crippen LogP contribution in [0.4, 0.5) is 27.9 Å². The molecule has 1 atom stereocenters. The van der Waals surface area contributed by atoms with Crippen molar-refractivity contribution < 1.29 is 14.3 Å². The van der Waals surface area contributed by atoms with E-state index in [2.05, 4.69) is 20.3 Å². The number of carboxylic acids is 1. The Morgan fingerprint density at radius 3 is 2.71 bits per heavy atom. The minimum atomic E-state index is -0.951. The highest BCUT2D eigenvalue weighted by molar-refractivity contribution is 5.92. The van der Waals surface area contributed by atoms with Crippen molar-refractivity contribution in [1.82, 2.24) is 15.0 Å². The Bertz CT molecular complexity index is 1140. The third-order valence-corrected chi connectivity index (χ3v) is 5.15. The van der Waals surface area contributed by atoms with Crippen LogP contribution in [0.2, 0.25) is 0 Å². The molecule has 0 bridgehead atoms. The number of anilines is 4. The Morgan fingerprint density at radius 2 is 2.00 bits per heavy atom. The van der Waals surface area contributed by atoms with Crippen molar-refractivity contribution >= 4 is 29.5 Å². The van der Waals surface area contributed by atoms with Gasteiger partial charge in [0.25, 0.3) is 0 Å². The molecule has 8 nitrogen and oxygen atoms in total. The fraction of sp³-hybridized carbons (Fsp3) is 0.273. The third-order valence-electron chi connectivity index (χ3n) is 5.15. The van der Waals surface area contributed by atoms with Gasteiger partial charge in [0.2, 0.25) is 17.8 Å². The SMILES string of the molecule is CC1Cc2c(C(=O)O)cccc2N1c1nc(NCc2cccc(F)c2)nc(N(C)C)n1. The van der Waals surface area contributed by atoms with Crippen LogP contribution in [0.25, 0.3) is 0 Å². The van der Waals surface area contributed by atoms with Gasteiger partial charge >= 0.3 is 5.97 Å². The van der Waals surface area contributed by atoms with Crippen molar-refractivity contribution in [3.8, 4) is 0 Å². The number of rotatable bonds is 6. The molecule has 0 saturated heterocycles. The molecule has 1 aromatic heterocycles. The second-order valence-electron chi connectivity index (χ2n) is 7.67. The number of hydrogen-bond acceptors (Lipinski definition) is 7. The van der Waals surface area contributed by atoms with E-state index in [0.717, 1.165) is 16.8 Å². The molecule has 0 fully saturated rings. The highest BCUT2D eigenvalue weighted by Gasteiger charge is 2.33. The van der Waals surface area contributed by atoms with Crippen LogP contribution in [0.3, 0.4) is 0 Å². The van der Waals surface area contributed by atoms with Gasteiger partial charge in [0, 0.05) is 32.4 Å². The molecule has 0 spiro atoms. The van der Waals surface area contributed by atoms with Crippen molar-refractivity contribution in [2.24, 2.45) is 0 Å². The normalized spacial score (nSPS) is 15.0. The number of carbonyl (C=O) groups is 1. The van der Waals surface area contributed by atoms with Crippen molar-refractivity contribution in [1.29, 1.82) is 0 Å². The fourth-order valence-electron chi connectivity index (χ4n) is 3.71. The van der Waals surface area contributed by atoms with Gasteiger partial charge in [-0.05, 0) is 48.7 Å². The van der Waals surface area contributed by atoms with Gasteiger partial charge in [-0.25, -0.2) is 9.18 Å². The first kappa shape index (κ1) is 20.5. The molecule has 2 heterocycles. The summed E-state index contributed by atoms with van der Waals surface area (Å²) >= 11 is 0. The second-order valence-corrected chi connectivity index (χ2v) is 7.67. The summed E-state index contributed by atoms with van der Waals surface area (Å²) in [6.07, 6.45) is 0.576. The Hall–Kier alpha value is -3.75. The van der Waals surface area contributed by atoms with Gasteiger partial charge in [0.15, 0.2) is 0 Å². The zero-order valence-corrected chi connectivity index (χ0v) is 17.5. The van der Waals surface area contributed by atoms with Gasteiger partial charge in [0.05, 0.1) is 5.56 Å². The van der Waals surface area contributed by atoms with E-state index in [4.69, 9.17) is 0 Å². The molecule has 160 valence electrons. The smallest absolute Gasteiger partial charge is 0.336 e. The Kier molecular flexibility index (Phi) is 5.41. The number of carboxylic acid groups (broad SMARTS) is 1. The molecule has 0 amide bonds. The van der Waals surface area contributed by atoms with Crippen molar-refractivity contribution in [2.75, 3.05) is 29.2 Å². The molecule has 1 aliphatic heterocycles. The van der Waals surface area contributed by atoms with E-state index in [1.54, 1.807) is 23.1 Å². The first-order valence-corrected chi connectivity index (χ1v) is 9.89. The van der Waals surface area contributed by atoms with Crippen LogP contribution in [0.1, 0.15) is 28.4 Å². The number of fused-ring (bicyclic) bond motifs is 1. The number of benzene rings is 2. The number of nitrogens with one attached hydrogen (secondary N) is 1. The standard InChI is InChI=1S/C22H23FN6O2/c1-13-10-17-16(19(30)31)8-5-9-18(17)29(13)22-26-20(25-21(27-22)28(2)3)24-12-14-6-4-7-15(23)11-14/h4-9,11,13H,10,12H2,1-3H3,(H,30,31)(H,24,25,26,27). The molecule has 1 unspecified atom stereocenters. The predicted octanol–water partition coefficient (Wildman–Crippen LogP) is 3.47. The number of hydrogen-bond donors (Lipinski definition) is 2. The van der Waals surface area contributed by atoms with Gasteiger partial charge in [-0.1, -0.05) is 18.2 Å². The minimum Gasteiger partial charge on any atom is -0.478 e. The lowest BCUT2D eigenvalue weighted by Crippen LogP contribution is -2.27. The molecule has 2 aromatic carbocycles. The van der Waals surface area contributed by atoms with E-state index in [0.29, 0.717) is 30.8 Å². The van der Waals surface area contributed by atoms with Crippen LogP contribution < -0.4 is 15.1 Å². The van der Waals surface area contributed by atoms with Crippen LogP contribution in [0.15, 0.2) is 42.5 Å². The zero-order chi connectivity index (χ0) is 22.1. The average molecular weight is 422 g/mol. The lowest BCUT2D eigenvalue weighted by Gasteiger charge is -2.24. The lowest BCUT2D eigenvalue weighted by atomic mass is 10.0. The maximum atomic E-state index is 13.5. The summed E-state index contributed by atoms with van der Waals surface area (Å²) in [7, 11) is 3.67. The Balaban J connectivity index is 1.70. The molecule has 31 heavy (non-hydrogen) atoms. The van der Waals surface area contributed by atoms with Crippen LogP contribution in [0, 0.1) is 5.82 Å². The summed E-state index contributed by atoms with van der Waals surface area (Å²) in [6, 6.07) is 11.5. The molecule has 3 aromatic rings. The van der Waals surface area contributed by atoms with E-state index >= 15 is 0 Å². The van der Waals surface area contributed by atoms with Gasteiger partial charge in [-0.2, -0.15) is 15.0 Å². The van der Waals surface area contributed by atoms with Crippen molar-refractivity contribution in [2.45, 2.75) is 25.9 Å². The summed E-state index contributed by atoms with van der Waals surface area (Å²) in [5, 5.41) is 12.7. The maximum absolute atomic E-state index is 13.5. The summed E-state index contributed by atoms with van der Waals surface area (Å²) in [4.78, 5) is 29.0. The number of aromatic carboxylic acids is 1. The van der Waals surface area contributed by atoms with Gasteiger partial charge in [-0.15, -0.1) is 0 Å². The lowest BCUT2D eigenvalue weighted by molar-refractivity contribution is 0.0696. The summed E-state index contributed by atoms with van der Waals surface area (Å²) < 4.78 is 13.5. The quantitative estimate of drug-likeness (QED) is 0.624. The van der Waals surface area contributed by atoms with Gasteiger partial charge in [0.1, 0.15) is 5.82 Å². The topological polar surface area (TPSA) is 94.5 Å². The largest absolute Gasteiger partial charge is 0.478 e. The zero-order valence-electron chi connectivity index (χ0n) is 17.5. The average Bonchev–Trinajstić information content (AvgIpc) is 3.07. The molecule has 4 rings (SSSR count). The number of aromatic nitrogens is 3. The Morgan fingerprint density at radius 1 is 1.23 bits per heavy atom. The summed E-state index contributed by atoms with van der Waals surface area (Å²) in [6.45, 7) is 2.36. The molecule has 9 heteroatoms. The van der Waals surface area contributed by atoms with Crippen LogP contribution in [-0.4, -0.2) is 46.2 Å². The van der Waals surface area contributed by atoms with Gasteiger partial charge < -0.3 is 20.2 Å². The van der Waals surface area contributed by atoms with E-state index in [1.165, 1.54) is 12.1 Å². The Labute approximate surface area is 179 Å². The number of nitrogens with zero attached hydrogens (tertiary/aromatic N) is 5. The first-order chi connectivity index (χ1) is 14.8. The van der Waals surface area contributed by atoms with Crippen molar-refractivity contribution in [3.63, 3.8) is 0 Å². The molecule has 0 radical (unpaired) electrons. The molecule has 2 N–H and O–H groups in total. The fourth-order valence-corrected chi connectivity index (χ4v) is 3.71. The number of halogens is 1.